The minimum atomic E-state index is -5.09. The van der Waals surface area contributed by atoms with Crippen LogP contribution in [-0.2, 0) is 23.7 Å². The van der Waals surface area contributed by atoms with E-state index in [0.717, 1.165) is 6.07 Å². The van der Waals surface area contributed by atoms with Gasteiger partial charge in [0.2, 0.25) is 0 Å². The zero-order valence-electron chi connectivity index (χ0n) is 15.1. The van der Waals surface area contributed by atoms with Crippen LogP contribution in [0.1, 0.15) is 32.7 Å². The summed E-state index contributed by atoms with van der Waals surface area (Å²) in [6.45, 7) is 1.06. The molecule has 0 atom stereocenters. The Hall–Kier alpha value is -3.37. The molecule has 0 aliphatic heterocycles. The number of fused-ring (bicyclic) bond motifs is 1. The Morgan fingerprint density at radius 2 is 1.63 bits per heavy atom. The molecule has 3 aromatic rings. The van der Waals surface area contributed by atoms with Gasteiger partial charge < -0.3 is 4.74 Å². The number of aromatic nitrogens is 2. The Morgan fingerprint density at radius 1 is 1.03 bits per heavy atom. The van der Waals surface area contributed by atoms with Gasteiger partial charge >= 0.3 is 18.3 Å². The van der Waals surface area contributed by atoms with Crippen molar-refractivity contribution in [3.63, 3.8) is 0 Å². The van der Waals surface area contributed by atoms with E-state index in [9.17, 15) is 35.9 Å². The van der Waals surface area contributed by atoms with Crippen molar-refractivity contribution in [2.75, 3.05) is 0 Å². The molecule has 30 heavy (non-hydrogen) atoms. The van der Waals surface area contributed by atoms with Crippen molar-refractivity contribution in [3.05, 3.63) is 80.9 Å². The molecule has 0 aliphatic carbocycles. The van der Waals surface area contributed by atoms with E-state index in [4.69, 9.17) is 4.74 Å². The Labute approximate surface area is 164 Å². The van der Waals surface area contributed by atoms with Crippen LogP contribution in [0.3, 0.4) is 0 Å². The van der Waals surface area contributed by atoms with E-state index in [2.05, 4.69) is 4.98 Å². The number of carbonyl (C=O) groups is 1. The Morgan fingerprint density at radius 3 is 2.20 bits per heavy atom. The molecule has 0 saturated carbocycles. The van der Waals surface area contributed by atoms with E-state index >= 15 is 0 Å². The summed E-state index contributed by atoms with van der Waals surface area (Å²) in [7, 11) is 0. The summed E-state index contributed by atoms with van der Waals surface area (Å²) in [5.74, 6) is -1.42. The minimum Gasteiger partial charge on any atom is -0.456 e. The van der Waals surface area contributed by atoms with Gasteiger partial charge in [-0.3, -0.25) is 9.20 Å². The zero-order valence-corrected chi connectivity index (χ0v) is 15.1. The van der Waals surface area contributed by atoms with Gasteiger partial charge in [0, 0.05) is 12.3 Å². The molecule has 158 valence electrons. The highest BCUT2D eigenvalue weighted by Gasteiger charge is 2.37. The molecule has 2 heterocycles. The standard InChI is InChI=1S/C19H12F6N2O3/c1-10-3-2-4-27-15(28)8-14(26-16(10)27)9-30-17(29)11-5-12(18(20,21)22)7-13(6-11)19(23,24)25/h2-8H,9H2,1H3. The summed E-state index contributed by atoms with van der Waals surface area (Å²) in [6, 6.07) is 4.79. The summed E-state index contributed by atoms with van der Waals surface area (Å²) in [5, 5.41) is 0. The first-order valence-electron chi connectivity index (χ1n) is 8.31. The predicted octanol–water partition coefficient (Wildman–Crippen LogP) is 4.40. The zero-order chi connectivity index (χ0) is 22.3. The predicted molar refractivity (Wildman–Crippen MR) is 91.8 cm³/mol. The van der Waals surface area contributed by atoms with E-state index in [0.29, 0.717) is 5.56 Å². The number of pyridine rings is 1. The molecule has 0 saturated heterocycles. The number of ether oxygens (including phenoxy) is 1. The van der Waals surface area contributed by atoms with Gasteiger partial charge in [-0.15, -0.1) is 0 Å². The van der Waals surface area contributed by atoms with Crippen molar-refractivity contribution in [2.24, 2.45) is 0 Å². The van der Waals surface area contributed by atoms with Crippen LogP contribution in [0.2, 0.25) is 0 Å². The summed E-state index contributed by atoms with van der Waals surface area (Å²) in [5.41, 5.74) is -3.79. The van der Waals surface area contributed by atoms with Crippen LogP contribution in [0.15, 0.2) is 47.4 Å². The topological polar surface area (TPSA) is 60.7 Å². The molecule has 0 amide bonds. The smallest absolute Gasteiger partial charge is 0.416 e. The van der Waals surface area contributed by atoms with Crippen LogP contribution in [0.25, 0.3) is 5.65 Å². The van der Waals surface area contributed by atoms with Gasteiger partial charge in [0.25, 0.3) is 5.56 Å². The van der Waals surface area contributed by atoms with Crippen LogP contribution in [-0.4, -0.2) is 15.4 Å². The van der Waals surface area contributed by atoms with Gasteiger partial charge in [-0.2, -0.15) is 26.3 Å². The van der Waals surface area contributed by atoms with Crippen molar-refractivity contribution < 1.29 is 35.9 Å². The number of rotatable bonds is 3. The van der Waals surface area contributed by atoms with Crippen LogP contribution >= 0.6 is 0 Å². The van der Waals surface area contributed by atoms with Gasteiger partial charge in [0.1, 0.15) is 12.3 Å². The number of aryl methyl sites for hydroxylation is 1. The molecule has 0 spiro atoms. The quantitative estimate of drug-likeness (QED) is 0.457. The van der Waals surface area contributed by atoms with Crippen molar-refractivity contribution in [2.45, 2.75) is 25.9 Å². The lowest BCUT2D eigenvalue weighted by molar-refractivity contribution is -0.143. The first-order valence-corrected chi connectivity index (χ1v) is 8.31. The van der Waals surface area contributed by atoms with Crippen molar-refractivity contribution in [3.8, 4) is 0 Å². The second kappa shape index (κ2) is 7.47. The van der Waals surface area contributed by atoms with E-state index in [-0.39, 0.29) is 29.5 Å². The van der Waals surface area contributed by atoms with Gasteiger partial charge in [0.15, 0.2) is 0 Å². The molecule has 0 fully saturated rings. The summed E-state index contributed by atoms with van der Waals surface area (Å²) in [6.07, 6.45) is -8.72. The number of halogens is 6. The van der Waals surface area contributed by atoms with Gasteiger partial charge in [0.05, 0.1) is 22.4 Å². The van der Waals surface area contributed by atoms with Gasteiger partial charge in [-0.1, -0.05) is 6.07 Å². The van der Waals surface area contributed by atoms with E-state index in [1.54, 1.807) is 19.1 Å². The minimum absolute atomic E-state index is 0.00864. The monoisotopic (exact) mass is 430 g/mol. The second-order valence-corrected chi connectivity index (χ2v) is 6.34. The summed E-state index contributed by atoms with van der Waals surface area (Å²) in [4.78, 5) is 28.4. The number of alkyl halides is 6. The maximum atomic E-state index is 12.9. The summed E-state index contributed by atoms with van der Waals surface area (Å²) >= 11 is 0. The number of hydrogen-bond donors (Lipinski definition) is 0. The lowest BCUT2D eigenvalue weighted by Crippen LogP contribution is -2.18. The van der Waals surface area contributed by atoms with Crippen LogP contribution in [0.5, 0.6) is 0 Å². The lowest BCUT2D eigenvalue weighted by atomic mass is 10.0. The Kier molecular flexibility index (Phi) is 5.31. The molecule has 0 aliphatic rings. The fourth-order valence-corrected chi connectivity index (χ4v) is 2.68. The average Bonchev–Trinajstić information content (AvgIpc) is 2.65. The third-order valence-electron chi connectivity index (χ3n) is 4.11. The first kappa shape index (κ1) is 21.3. The van der Waals surface area contributed by atoms with Gasteiger partial charge in [-0.25, -0.2) is 9.78 Å². The number of nitrogens with zero attached hydrogens (tertiary/aromatic N) is 2. The SMILES string of the molecule is Cc1cccn2c(=O)cc(COC(=O)c3cc(C(F)(F)F)cc(C(F)(F)F)c3)nc12. The molecule has 2 aromatic heterocycles. The van der Waals surface area contributed by atoms with Crippen LogP contribution in [0, 0.1) is 6.92 Å². The molecule has 0 N–H and O–H groups in total. The average molecular weight is 430 g/mol. The third kappa shape index (κ3) is 4.44. The van der Waals surface area contributed by atoms with Crippen LogP contribution in [0.4, 0.5) is 26.3 Å². The van der Waals surface area contributed by atoms with Crippen molar-refractivity contribution in [1.82, 2.24) is 9.38 Å². The fraction of sp³-hybridized carbons (Fsp3) is 0.211. The summed E-state index contributed by atoms with van der Waals surface area (Å²) < 4.78 is 83.5. The maximum absolute atomic E-state index is 12.9. The van der Waals surface area contributed by atoms with E-state index < -0.39 is 47.2 Å². The van der Waals surface area contributed by atoms with Crippen molar-refractivity contribution in [1.29, 1.82) is 0 Å². The molecule has 0 radical (unpaired) electrons. The molecule has 0 unspecified atom stereocenters. The number of benzene rings is 1. The fourth-order valence-electron chi connectivity index (χ4n) is 2.68. The molecular formula is C19H12F6N2O3. The van der Waals surface area contributed by atoms with Crippen LogP contribution < -0.4 is 5.56 Å². The number of carbonyl (C=O) groups excluding carboxylic acids is 1. The molecule has 0 bridgehead atoms. The Balaban J connectivity index is 1.90. The molecule has 11 heteroatoms. The second-order valence-electron chi connectivity index (χ2n) is 6.34. The largest absolute Gasteiger partial charge is 0.456 e. The van der Waals surface area contributed by atoms with E-state index in [1.165, 1.54) is 10.6 Å². The molecule has 1 aromatic carbocycles. The lowest BCUT2D eigenvalue weighted by Gasteiger charge is -2.14. The molecule has 3 rings (SSSR count). The highest BCUT2D eigenvalue weighted by atomic mass is 19.4. The van der Waals surface area contributed by atoms with Crippen molar-refractivity contribution >= 4 is 11.6 Å². The maximum Gasteiger partial charge on any atom is 0.416 e. The number of hydrogen-bond acceptors (Lipinski definition) is 4. The molecular weight excluding hydrogens is 418 g/mol. The highest BCUT2D eigenvalue weighted by molar-refractivity contribution is 5.90. The first-order chi connectivity index (χ1) is 13.9. The molecule has 5 nitrogen and oxygen atoms in total. The Bertz CT molecular complexity index is 1150. The number of esters is 1. The van der Waals surface area contributed by atoms with E-state index in [1.807, 2.05) is 0 Å². The normalized spacial score (nSPS) is 12.2. The third-order valence-corrected chi connectivity index (χ3v) is 4.11. The van der Waals surface area contributed by atoms with Gasteiger partial charge in [-0.05, 0) is 36.8 Å². The highest BCUT2D eigenvalue weighted by Crippen LogP contribution is 2.36.